The molecule has 0 radical (unpaired) electrons. The predicted octanol–water partition coefficient (Wildman–Crippen LogP) is 2.63. The molecule has 0 bridgehead atoms. The molecule has 2 aliphatic rings. The minimum absolute atomic E-state index is 0.0854. The van der Waals surface area contributed by atoms with Crippen LogP contribution in [-0.2, 0) is 10.0 Å². The van der Waals surface area contributed by atoms with Crippen LogP contribution in [0.5, 0.6) is 0 Å². The Bertz CT molecular complexity index is 615. The minimum atomic E-state index is -3.55. The molecule has 1 aromatic heterocycles. The number of hydrogen-bond acceptors (Lipinski definition) is 4. The first-order chi connectivity index (χ1) is 10.0. The number of aromatic nitrogens is 1. The molecule has 116 valence electrons. The lowest BCUT2D eigenvalue weighted by atomic mass is 10.1. The van der Waals surface area contributed by atoms with E-state index in [1.165, 1.54) is 12.3 Å². The van der Waals surface area contributed by atoms with E-state index in [1.54, 1.807) is 0 Å². The zero-order valence-electron chi connectivity index (χ0n) is 12.0. The number of rotatable bonds is 7. The van der Waals surface area contributed by atoms with Crippen LogP contribution >= 0.6 is 11.6 Å². The third-order valence-corrected chi connectivity index (χ3v) is 5.74. The summed E-state index contributed by atoms with van der Waals surface area (Å²) in [6.45, 7) is 2.61. The molecular weight excluding hydrogens is 310 g/mol. The second kappa shape index (κ2) is 5.74. The Balaban J connectivity index is 1.78. The van der Waals surface area contributed by atoms with Gasteiger partial charge in [0.25, 0.3) is 0 Å². The lowest BCUT2D eigenvalue weighted by molar-refractivity contribution is 0.471. The molecule has 2 aliphatic carbocycles. The Morgan fingerprint density at radius 3 is 2.43 bits per heavy atom. The van der Waals surface area contributed by atoms with Crippen LogP contribution in [0, 0.1) is 11.8 Å². The molecule has 3 rings (SSSR count). The Hall–Kier alpha value is -0.850. The first-order valence-electron chi connectivity index (χ1n) is 7.43. The fraction of sp³-hybridized carbons (Fsp3) is 0.643. The van der Waals surface area contributed by atoms with E-state index >= 15 is 0 Å². The maximum Gasteiger partial charge on any atom is 0.242 e. The van der Waals surface area contributed by atoms with Crippen molar-refractivity contribution in [1.82, 2.24) is 9.71 Å². The van der Waals surface area contributed by atoms with Crippen molar-refractivity contribution in [3.63, 3.8) is 0 Å². The molecule has 2 saturated carbocycles. The van der Waals surface area contributed by atoms with Crippen LogP contribution in [0.2, 0.25) is 5.02 Å². The first kappa shape index (κ1) is 15.1. The van der Waals surface area contributed by atoms with Crippen molar-refractivity contribution in [2.24, 2.45) is 11.8 Å². The SMILES string of the molecule is CCNc1ncc(S(=O)(=O)NC(C2CC2)C2CC2)cc1Cl. The molecule has 2 fully saturated rings. The summed E-state index contributed by atoms with van der Waals surface area (Å²) in [7, 11) is -3.55. The van der Waals surface area contributed by atoms with Gasteiger partial charge in [0, 0.05) is 18.8 Å². The molecule has 5 nitrogen and oxygen atoms in total. The summed E-state index contributed by atoms with van der Waals surface area (Å²) in [6.07, 6.45) is 5.87. The van der Waals surface area contributed by atoms with Crippen molar-refractivity contribution >= 4 is 27.4 Å². The van der Waals surface area contributed by atoms with Crippen molar-refractivity contribution < 1.29 is 8.42 Å². The molecule has 21 heavy (non-hydrogen) atoms. The average Bonchev–Trinajstić information content (AvgIpc) is 3.30. The van der Waals surface area contributed by atoms with Crippen LogP contribution in [0.25, 0.3) is 0 Å². The molecule has 7 heteroatoms. The van der Waals surface area contributed by atoms with E-state index in [0.717, 1.165) is 25.7 Å². The third-order valence-electron chi connectivity index (χ3n) is 4.02. The number of nitrogens with zero attached hydrogens (tertiary/aromatic N) is 1. The number of pyridine rings is 1. The molecular formula is C14H20ClN3O2S. The normalized spacial score (nSPS) is 19.0. The van der Waals surface area contributed by atoms with Gasteiger partial charge in [0.2, 0.25) is 10.0 Å². The maximum atomic E-state index is 12.5. The molecule has 0 saturated heterocycles. The standard InChI is InChI=1S/C14H20ClN3O2S/c1-2-16-14-12(15)7-11(8-17-14)21(19,20)18-13(9-3-4-9)10-5-6-10/h7-10,13,18H,2-6H2,1H3,(H,16,17). The van der Waals surface area contributed by atoms with E-state index in [0.29, 0.717) is 29.2 Å². The fourth-order valence-corrected chi connectivity index (χ4v) is 4.24. The van der Waals surface area contributed by atoms with Gasteiger partial charge in [-0.25, -0.2) is 18.1 Å². The molecule has 1 aromatic rings. The smallest absolute Gasteiger partial charge is 0.242 e. The number of hydrogen-bond donors (Lipinski definition) is 2. The summed E-state index contributed by atoms with van der Waals surface area (Å²) >= 11 is 6.08. The summed E-state index contributed by atoms with van der Waals surface area (Å²) in [5.41, 5.74) is 0. The lowest BCUT2D eigenvalue weighted by Gasteiger charge is -2.18. The van der Waals surface area contributed by atoms with Crippen molar-refractivity contribution in [2.75, 3.05) is 11.9 Å². The minimum Gasteiger partial charge on any atom is -0.369 e. The highest BCUT2D eigenvalue weighted by atomic mass is 35.5. The summed E-state index contributed by atoms with van der Waals surface area (Å²) in [4.78, 5) is 4.24. The summed E-state index contributed by atoms with van der Waals surface area (Å²) in [6, 6.07) is 1.55. The molecule has 0 unspecified atom stereocenters. The third kappa shape index (κ3) is 3.49. The van der Waals surface area contributed by atoms with Gasteiger partial charge in [0.05, 0.1) is 5.02 Å². The molecule has 2 N–H and O–H groups in total. The zero-order valence-corrected chi connectivity index (χ0v) is 13.5. The quantitative estimate of drug-likeness (QED) is 0.806. The second-order valence-corrected chi connectivity index (χ2v) is 7.97. The fourth-order valence-electron chi connectivity index (χ4n) is 2.60. The highest BCUT2D eigenvalue weighted by Gasteiger charge is 2.43. The van der Waals surface area contributed by atoms with Gasteiger partial charge in [0.1, 0.15) is 10.7 Å². The largest absolute Gasteiger partial charge is 0.369 e. The van der Waals surface area contributed by atoms with E-state index in [2.05, 4.69) is 15.0 Å². The Labute approximate surface area is 130 Å². The summed E-state index contributed by atoms with van der Waals surface area (Å²) < 4.78 is 27.9. The van der Waals surface area contributed by atoms with Crippen LogP contribution < -0.4 is 10.0 Å². The molecule has 0 aliphatic heterocycles. The topological polar surface area (TPSA) is 71.1 Å². The number of sulfonamides is 1. The highest BCUT2D eigenvalue weighted by Crippen LogP contribution is 2.45. The van der Waals surface area contributed by atoms with Gasteiger partial charge in [-0.2, -0.15) is 0 Å². The summed E-state index contributed by atoms with van der Waals surface area (Å²) in [5, 5.41) is 3.32. The Kier molecular flexibility index (Phi) is 4.12. The highest BCUT2D eigenvalue weighted by molar-refractivity contribution is 7.89. The first-order valence-corrected chi connectivity index (χ1v) is 9.29. The van der Waals surface area contributed by atoms with Crippen molar-refractivity contribution in [2.45, 2.75) is 43.5 Å². The lowest BCUT2D eigenvalue weighted by Crippen LogP contribution is -2.38. The predicted molar refractivity (Wildman–Crippen MR) is 83.0 cm³/mol. The van der Waals surface area contributed by atoms with Crippen LogP contribution in [0.4, 0.5) is 5.82 Å². The molecule has 1 heterocycles. The van der Waals surface area contributed by atoms with Gasteiger partial charge >= 0.3 is 0 Å². The molecule has 0 atom stereocenters. The number of anilines is 1. The maximum absolute atomic E-state index is 12.5. The Morgan fingerprint density at radius 2 is 1.95 bits per heavy atom. The van der Waals surface area contributed by atoms with Crippen molar-refractivity contribution in [1.29, 1.82) is 0 Å². The second-order valence-electron chi connectivity index (χ2n) is 5.85. The average molecular weight is 330 g/mol. The van der Waals surface area contributed by atoms with Crippen LogP contribution in [-0.4, -0.2) is 26.0 Å². The van der Waals surface area contributed by atoms with Crippen LogP contribution in [0.1, 0.15) is 32.6 Å². The van der Waals surface area contributed by atoms with Gasteiger partial charge < -0.3 is 5.32 Å². The van der Waals surface area contributed by atoms with Gasteiger partial charge in [0.15, 0.2) is 0 Å². The number of halogens is 1. The Morgan fingerprint density at radius 1 is 1.33 bits per heavy atom. The van der Waals surface area contributed by atoms with E-state index < -0.39 is 10.0 Å². The van der Waals surface area contributed by atoms with Gasteiger partial charge in [-0.15, -0.1) is 0 Å². The molecule has 0 aromatic carbocycles. The monoisotopic (exact) mass is 329 g/mol. The van der Waals surface area contributed by atoms with Gasteiger partial charge in [-0.05, 0) is 50.5 Å². The number of nitrogens with one attached hydrogen (secondary N) is 2. The van der Waals surface area contributed by atoms with E-state index in [-0.39, 0.29) is 10.9 Å². The van der Waals surface area contributed by atoms with Crippen LogP contribution in [0.3, 0.4) is 0 Å². The van der Waals surface area contributed by atoms with Gasteiger partial charge in [-0.1, -0.05) is 11.6 Å². The van der Waals surface area contributed by atoms with E-state index in [1.807, 2.05) is 6.92 Å². The van der Waals surface area contributed by atoms with Gasteiger partial charge in [-0.3, -0.25) is 0 Å². The summed E-state index contributed by atoms with van der Waals surface area (Å²) in [5.74, 6) is 1.53. The van der Waals surface area contributed by atoms with Crippen molar-refractivity contribution in [3.05, 3.63) is 17.3 Å². The van der Waals surface area contributed by atoms with Crippen LogP contribution in [0.15, 0.2) is 17.2 Å². The van der Waals surface area contributed by atoms with E-state index in [4.69, 9.17) is 11.6 Å². The molecule has 0 spiro atoms. The van der Waals surface area contributed by atoms with Crippen molar-refractivity contribution in [3.8, 4) is 0 Å². The van der Waals surface area contributed by atoms with E-state index in [9.17, 15) is 8.42 Å². The molecule has 0 amide bonds. The zero-order chi connectivity index (χ0) is 15.0.